The number of benzene rings is 2. The number of para-hydroxylation sites is 1. The molecular formula is C20H18ClFN2O3S. The number of hydrogen-bond donors (Lipinski definition) is 0. The number of likely N-dealkylation sites (tertiary alicyclic amines) is 1. The van der Waals surface area contributed by atoms with Crippen molar-refractivity contribution in [2.24, 2.45) is 0 Å². The molecule has 0 saturated carbocycles. The van der Waals surface area contributed by atoms with Crippen LogP contribution in [0.3, 0.4) is 0 Å². The fourth-order valence-electron chi connectivity index (χ4n) is 3.08. The highest BCUT2D eigenvalue weighted by atomic mass is 35.5. The SMILES string of the molecule is O=C(COc1ccc(F)cc1)N1CCC(Oc2nc3c(Cl)cccc3s2)CC1. The average molecular weight is 421 g/mol. The Morgan fingerprint density at radius 2 is 1.96 bits per heavy atom. The van der Waals surface area contributed by atoms with Gasteiger partial charge < -0.3 is 14.4 Å². The van der Waals surface area contributed by atoms with Crippen molar-refractivity contribution in [3.05, 3.63) is 53.3 Å². The van der Waals surface area contributed by atoms with Crippen LogP contribution in [0.15, 0.2) is 42.5 Å². The molecule has 0 bridgehead atoms. The van der Waals surface area contributed by atoms with E-state index in [2.05, 4.69) is 4.98 Å². The number of carbonyl (C=O) groups excluding carboxylic acids is 1. The van der Waals surface area contributed by atoms with Gasteiger partial charge in [-0.2, -0.15) is 0 Å². The van der Waals surface area contributed by atoms with Gasteiger partial charge >= 0.3 is 0 Å². The van der Waals surface area contributed by atoms with Gasteiger partial charge in [0.25, 0.3) is 11.1 Å². The number of aromatic nitrogens is 1. The van der Waals surface area contributed by atoms with Gasteiger partial charge in [-0.3, -0.25) is 4.79 Å². The van der Waals surface area contributed by atoms with E-state index in [0.717, 1.165) is 23.1 Å². The molecule has 0 unspecified atom stereocenters. The molecule has 1 aliphatic heterocycles. The average Bonchev–Trinajstić information content (AvgIpc) is 3.12. The summed E-state index contributed by atoms with van der Waals surface area (Å²) in [7, 11) is 0. The van der Waals surface area contributed by atoms with Gasteiger partial charge in [-0.25, -0.2) is 9.37 Å². The van der Waals surface area contributed by atoms with Crippen molar-refractivity contribution < 1.29 is 18.7 Å². The molecule has 0 radical (unpaired) electrons. The molecule has 1 aromatic heterocycles. The van der Waals surface area contributed by atoms with E-state index < -0.39 is 0 Å². The summed E-state index contributed by atoms with van der Waals surface area (Å²) in [4.78, 5) is 18.5. The van der Waals surface area contributed by atoms with Crippen LogP contribution in [-0.2, 0) is 4.79 Å². The number of thiazole rings is 1. The third kappa shape index (κ3) is 4.36. The molecule has 0 atom stereocenters. The fourth-order valence-corrected chi connectivity index (χ4v) is 4.26. The van der Waals surface area contributed by atoms with Crippen LogP contribution in [-0.4, -0.2) is 41.6 Å². The number of fused-ring (bicyclic) bond motifs is 1. The minimum absolute atomic E-state index is 0.0152. The smallest absolute Gasteiger partial charge is 0.274 e. The summed E-state index contributed by atoms with van der Waals surface area (Å²) >= 11 is 7.64. The number of halogens is 2. The summed E-state index contributed by atoms with van der Waals surface area (Å²) in [6.07, 6.45) is 1.47. The molecule has 4 rings (SSSR count). The molecule has 2 heterocycles. The standard InChI is InChI=1S/C20H18ClFN2O3S/c21-16-2-1-3-17-19(16)23-20(28-17)27-15-8-10-24(11-9-15)18(25)12-26-14-6-4-13(22)5-7-14/h1-7,15H,8-12H2. The highest BCUT2D eigenvalue weighted by molar-refractivity contribution is 7.20. The number of ether oxygens (including phenoxy) is 2. The van der Waals surface area contributed by atoms with Gasteiger partial charge in [0.1, 0.15) is 23.2 Å². The molecule has 0 spiro atoms. The maximum absolute atomic E-state index is 12.9. The lowest BCUT2D eigenvalue weighted by atomic mass is 10.1. The summed E-state index contributed by atoms with van der Waals surface area (Å²) in [6, 6.07) is 11.3. The number of carbonyl (C=O) groups is 1. The molecule has 1 saturated heterocycles. The van der Waals surface area contributed by atoms with Gasteiger partial charge in [0.05, 0.1) is 9.72 Å². The molecule has 146 valence electrons. The Bertz CT molecular complexity index is 971. The highest BCUT2D eigenvalue weighted by Gasteiger charge is 2.25. The van der Waals surface area contributed by atoms with Crippen LogP contribution in [0.5, 0.6) is 10.9 Å². The number of rotatable bonds is 5. The van der Waals surface area contributed by atoms with Crippen LogP contribution in [0.4, 0.5) is 4.39 Å². The third-order valence-corrected chi connectivity index (χ3v) is 5.80. The quantitative estimate of drug-likeness (QED) is 0.608. The molecule has 1 fully saturated rings. The van der Waals surface area contributed by atoms with Gasteiger partial charge in [-0.05, 0) is 36.4 Å². The molecule has 0 aliphatic carbocycles. The summed E-state index contributed by atoms with van der Waals surface area (Å²) in [5.74, 6) is 0.0492. The molecule has 0 N–H and O–H groups in total. The maximum Gasteiger partial charge on any atom is 0.274 e. The van der Waals surface area contributed by atoms with Crippen LogP contribution in [0.1, 0.15) is 12.8 Å². The Kier molecular flexibility index (Phi) is 5.64. The molecule has 3 aromatic rings. The largest absolute Gasteiger partial charge is 0.484 e. The number of amides is 1. The van der Waals surface area contributed by atoms with Crippen molar-refractivity contribution in [2.45, 2.75) is 18.9 Å². The van der Waals surface area contributed by atoms with Gasteiger partial charge in [-0.15, -0.1) is 0 Å². The van der Waals surface area contributed by atoms with E-state index in [4.69, 9.17) is 21.1 Å². The Labute approximate surface area is 170 Å². The number of nitrogens with zero attached hydrogens (tertiary/aromatic N) is 2. The van der Waals surface area contributed by atoms with E-state index in [1.54, 1.807) is 4.90 Å². The van der Waals surface area contributed by atoms with E-state index in [1.165, 1.54) is 35.6 Å². The zero-order chi connectivity index (χ0) is 19.5. The predicted octanol–water partition coefficient (Wildman–Crippen LogP) is 4.54. The Morgan fingerprint density at radius 3 is 2.68 bits per heavy atom. The predicted molar refractivity (Wildman–Crippen MR) is 107 cm³/mol. The zero-order valence-electron chi connectivity index (χ0n) is 14.9. The van der Waals surface area contributed by atoms with Gasteiger partial charge in [0, 0.05) is 25.9 Å². The van der Waals surface area contributed by atoms with E-state index in [0.29, 0.717) is 29.1 Å². The second-order valence-electron chi connectivity index (χ2n) is 6.51. The van der Waals surface area contributed by atoms with Crippen molar-refractivity contribution in [2.75, 3.05) is 19.7 Å². The first-order chi connectivity index (χ1) is 13.6. The maximum atomic E-state index is 12.9. The molecule has 1 aliphatic rings. The molecule has 5 nitrogen and oxygen atoms in total. The van der Waals surface area contributed by atoms with Gasteiger partial charge in [-0.1, -0.05) is 29.0 Å². The van der Waals surface area contributed by atoms with Crippen LogP contribution < -0.4 is 9.47 Å². The van der Waals surface area contributed by atoms with Gasteiger partial charge in [0.2, 0.25) is 0 Å². The lowest BCUT2D eigenvalue weighted by molar-refractivity contribution is -0.135. The fraction of sp³-hybridized carbons (Fsp3) is 0.300. The van der Waals surface area contributed by atoms with Crippen LogP contribution in [0, 0.1) is 5.82 Å². The van der Waals surface area contributed by atoms with E-state index >= 15 is 0 Å². The van der Waals surface area contributed by atoms with Crippen molar-refractivity contribution in [3.63, 3.8) is 0 Å². The Hall–Kier alpha value is -2.38. The van der Waals surface area contributed by atoms with E-state index in [9.17, 15) is 9.18 Å². The van der Waals surface area contributed by atoms with Crippen molar-refractivity contribution >= 4 is 39.1 Å². The van der Waals surface area contributed by atoms with E-state index in [-0.39, 0.29) is 24.4 Å². The van der Waals surface area contributed by atoms with Gasteiger partial charge in [0.15, 0.2) is 6.61 Å². The first kappa shape index (κ1) is 19.0. The van der Waals surface area contributed by atoms with Crippen molar-refractivity contribution in [1.82, 2.24) is 9.88 Å². The van der Waals surface area contributed by atoms with E-state index in [1.807, 2.05) is 18.2 Å². The normalized spacial score (nSPS) is 15.0. The van der Waals surface area contributed by atoms with Crippen LogP contribution >= 0.6 is 22.9 Å². The van der Waals surface area contributed by atoms with Crippen molar-refractivity contribution in [3.8, 4) is 10.9 Å². The van der Waals surface area contributed by atoms with Crippen LogP contribution in [0.2, 0.25) is 5.02 Å². The minimum atomic E-state index is -0.337. The molecular weight excluding hydrogens is 403 g/mol. The topological polar surface area (TPSA) is 51.7 Å². The molecule has 28 heavy (non-hydrogen) atoms. The number of hydrogen-bond acceptors (Lipinski definition) is 5. The summed E-state index contributed by atoms with van der Waals surface area (Å²) in [6.45, 7) is 1.14. The van der Waals surface area contributed by atoms with Crippen molar-refractivity contribution in [1.29, 1.82) is 0 Å². The second-order valence-corrected chi connectivity index (χ2v) is 7.91. The Balaban J connectivity index is 1.27. The molecule has 1 amide bonds. The third-order valence-electron chi connectivity index (χ3n) is 4.59. The monoisotopic (exact) mass is 420 g/mol. The first-order valence-electron chi connectivity index (χ1n) is 8.96. The summed E-state index contributed by atoms with van der Waals surface area (Å²) < 4.78 is 25.3. The summed E-state index contributed by atoms with van der Waals surface area (Å²) in [5.41, 5.74) is 0.759. The number of piperidine rings is 1. The molecule has 8 heteroatoms. The minimum Gasteiger partial charge on any atom is -0.484 e. The Morgan fingerprint density at radius 1 is 1.21 bits per heavy atom. The first-order valence-corrected chi connectivity index (χ1v) is 10.2. The second kappa shape index (κ2) is 8.32. The highest BCUT2D eigenvalue weighted by Crippen LogP contribution is 2.33. The zero-order valence-corrected chi connectivity index (χ0v) is 16.5. The van der Waals surface area contributed by atoms with Crippen LogP contribution in [0.25, 0.3) is 10.2 Å². The lowest BCUT2D eigenvalue weighted by Gasteiger charge is -2.31. The molecule has 2 aromatic carbocycles. The lowest BCUT2D eigenvalue weighted by Crippen LogP contribution is -2.43. The summed E-state index contributed by atoms with van der Waals surface area (Å²) in [5, 5.41) is 1.22.